The molecule has 0 spiro atoms. The Kier molecular flexibility index (Phi) is 3.73. The van der Waals surface area contributed by atoms with Crippen LogP contribution >= 0.6 is 11.3 Å². The fourth-order valence-electron chi connectivity index (χ4n) is 3.71. The quantitative estimate of drug-likeness (QED) is 0.765. The van der Waals surface area contributed by atoms with Gasteiger partial charge in [-0.25, -0.2) is 0 Å². The largest absolute Gasteiger partial charge is 0.383 e. The van der Waals surface area contributed by atoms with Crippen molar-refractivity contribution in [2.75, 3.05) is 26.8 Å². The predicted molar refractivity (Wildman–Crippen MR) is 76.0 cm³/mol. The molecule has 2 aliphatic rings. The number of ether oxygens (including phenoxy) is 1. The Morgan fingerprint density at radius 3 is 2.94 bits per heavy atom. The highest BCUT2D eigenvalue weighted by molar-refractivity contribution is 7.07. The summed E-state index contributed by atoms with van der Waals surface area (Å²) < 4.78 is 5.11. The highest BCUT2D eigenvalue weighted by Crippen LogP contribution is 2.60. The zero-order chi connectivity index (χ0) is 12.4. The van der Waals surface area contributed by atoms with Crippen molar-refractivity contribution in [3.8, 4) is 0 Å². The van der Waals surface area contributed by atoms with Crippen LogP contribution in [-0.2, 0) is 11.2 Å². The van der Waals surface area contributed by atoms with Crippen LogP contribution in [0.4, 0.5) is 0 Å². The lowest BCUT2D eigenvalue weighted by Gasteiger charge is -2.31. The molecule has 2 fully saturated rings. The van der Waals surface area contributed by atoms with Crippen LogP contribution in [0, 0.1) is 17.3 Å². The van der Waals surface area contributed by atoms with Gasteiger partial charge in [0.1, 0.15) is 0 Å². The Balaban J connectivity index is 1.58. The maximum absolute atomic E-state index is 5.11. The molecule has 0 aromatic carbocycles. The Morgan fingerprint density at radius 1 is 1.44 bits per heavy atom. The van der Waals surface area contributed by atoms with E-state index in [0.29, 0.717) is 5.41 Å². The molecular formula is C15H23NOS. The second-order valence-corrected chi connectivity index (χ2v) is 6.92. The van der Waals surface area contributed by atoms with Crippen molar-refractivity contribution in [3.63, 3.8) is 0 Å². The highest BCUT2D eigenvalue weighted by atomic mass is 32.1. The first-order chi connectivity index (χ1) is 8.81. The standard InChI is InChI=1S/C15H23NOS/c1-17-4-3-16-11-15(7-12-2-5-18-10-12)8-13-6-14(13)9-15/h2,5,10,13-14,16H,3-4,6-9,11H2,1H3. The van der Waals surface area contributed by atoms with Crippen molar-refractivity contribution >= 4 is 11.3 Å². The van der Waals surface area contributed by atoms with E-state index in [1.807, 2.05) is 11.3 Å². The van der Waals surface area contributed by atoms with E-state index >= 15 is 0 Å². The van der Waals surface area contributed by atoms with E-state index in [0.717, 1.165) is 25.0 Å². The van der Waals surface area contributed by atoms with Gasteiger partial charge in [-0.05, 0) is 65.3 Å². The fourth-order valence-corrected chi connectivity index (χ4v) is 4.38. The molecule has 18 heavy (non-hydrogen) atoms. The molecule has 1 heterocycles. The first-order valence-corrected chi connectivity index (χ1v) is 7.96. The second kappa shape index (κ2) is 5.32. The van der Waals surface area contributed by atoms with E-state index in [1.54, 1.807) is 7.11 Å². The van der Waals surface area contributed by atoms with Crippen molar-refractivity contribution in [1.82, 2.24) is 5.32 Å². The van der Waals surface area contributed by atoms with E-state index in [9.17, 15) is 0 Å². The van der Waals surface area contributed by atoms with Crippen LogP contribution in [0.3, 0.4) is 0 Å². The molecule has 2 atom stereocenters. The Hall–Kier alpha value is -0.380. The number of fused-ring (bicyclic) bond motifs is 1. The third-order valence-corrected chi connectivity index (χ3v) is 5.33. The lowest BCUT2D eigenvalue weighted by molar-refractivity contribution is 0.186. The van der Waals surface area contributed by atoms with Crippen LogP contribution in [0.2, 0.25) is 0 Å². The summed E-state index contributed by atoms with van der Waals surface area (Å²) in [5.74, 6) is 2.10. The van der Waals surface area contributed by atoms with E-state index in [2.05, 4.69) is 22.1 Å². The molecule has 2 nitrogen and oxygen atoms in total. The molecular weight excluding hydrogens is 242 g/mol. The van der Waals surface area contributed by atoms with Crippen LogP contribution in [0.15, 0.2) is 16.8 Å². The number of hydrogen-bond acceptors (Lipinski definition) is 3. The maximum atomic E-state index is 5.11. The number of methoxy groups -OCH3 is 1. The second-order valence-electron chi connectivity index (χ2n) is 6.14. The third kappa shape index (κ3) is 2.79. The van der Waals surface area contributed by atoms with E-state index in [1.165, 1.54) is 37.8 Å². The number of thiophene rings is 1. The molecule has 2 saturated carbocycles. The summed E-state index contributed by atoms with van der Waals surface area (Å²) in [6.45, 7) is 2.97. The van der Waals surface area contributed by atoms with Crippen molar-refractivity contribution in [1.29, 1.82) is 0 Å². The topological polar surface area (TPSA) is 21.3 Å². The molecule has 0 aliphatic heterocycles. The van der Waals surface area contributed by atoms with Gasteiger partial charge in [-0.3, -0.25) is 0 Å². The first kappa shape index (κ1) is 12.6. The van der Waals surface area contributed by atoms with Crippen molar-refractivity contribution in [3.05, 3.63) is 22.4 Å². The molecule has 1 aromatic rings. The predicted octanol–water partition coefficient (Wildman–Crippen LogP) is 2.94. The van der Waals surface area contributed by atoms with Gasteiger partial charge < -0.3 is 10.1 Å². The lowest BCUT2D eigenvalue weighted by atomic mass is 9.78. The molecule has 0 bridgehead atoms. The summed E-state index contributed by atoms with van der Waals surface area (Å²) in [7, 11) is 1.77. The smallest absolute Gasteiger partial charge is 0.0587 e. The van der Waals surface area contributed by atoms with E-state index in [4.69, 9.17) is 4.74 Å². The monoisotopic (exact) mass is 265 g/mol. The molecule has 2 unspecified atom stereocenters. The minimum Gasteiger partial charge on any atom is -0.383 e. The molecule has 3 rings (SSSR count). The Labute approximate surface area is 114 Å². The molecule has 1 aromatic heterocycles. The van der Waals surface area contributed by atoms with Gasteiger partial charge in [0.15, 0.2) is 0 Å². The maximum Gasteiger partial charge on any atom is 0.0587 e. The minimum absolute atomic E-state index is 0.530. The van der Waals surface area contributed by atoms with Gasteiger partial charge in [0.05, 0.1) is 6.61 Å². The summed E-state index contributed by atoms with van der Waals surface area (Å²) in [5, 5.41) is 8.13. The van der Waals surface area contributed by atoms with Gasteiger partial charge in [-0.2, -0.15) is 11.3 Å². The van der Waals surface area contributed by atoms with Gasteiger partial charge in [0.25, 0.3) is 0 Å². The Morgan fingerprint density at radius 2 is 2.28 bits per heavy atom. The van der Waals surface area contributed by atoms with Crippen LogP contribution in [-0.4, -0.2) is 26.8 Å². The minimum atomic E-state index is 0.530. The third-order valence-electron chi connectivity index (χ3n) is 4.60. The van der Waals surface area contributed by atoms with Crippen molar-refractivity contribution in [2.24, 2.45) is 17.3 Å². The zero-order valence-corrected chi connectivity index (χ0v) is 12.0. The molecule has 2 aliphatic carbocycles. The van der Waals surface area contributed by atoms with Gasteiger partial charge in [0, 0.05) is 20.2 Å². The van der Waals surface area contributed by atoms with Crippen molar-refractivity contribution < 1.29 is 4.74 Å². The van der Waals surface area contributed by atoms with E-state index in [-0.39, 0.29) is 0 Å². The summed E-state index contributed by atoms with van der Waals surface area (Å²) in [6.07, 6.45) is 5.65. The SMILES string of the molecule is COCCNCC1(Cc2ccsc2)CC2CC2C1. The fraction of sp³-hybridized carbons (Fsp3) is 0.733. The summed E-state index contributed by atoms with van der Waals surface area (Å²) >= 11 is 1.83. The summed E-state index contributed by atoms with van der Waals surface area (Å²) in [6, 6.07) is 2.30. The molecule has 0 radical (unpaired) electrons. The van der Waals surface area contributed by atoms with E-state index < -0.39 is 0 Å². The molecule has 1 N–H and O–H groups in total. The number of hydrogen-bond donors (Lipinski definition) is 1. The number of nitrogens with one attached hydrogen (secondary N) is 1. The Bertz CT molecular complexity index is 366. The molecule has 100 valence electrons. The zero-order valence-electron chi connectivity index (χ0n) is 11.2. The first-order valence-electron chi connectivity index (χ1n) is 7.02. The lowest BCUT2D eigenvalue weighted by Crippen LogP contribution is -2.36. The van der Waals surface area contributed by atoms with Gasteiger partial charge in [0.2, 0.25) is 0 Å². The average molecular weight is 265 g/mol. The van der Waals surface area contributed by atoms with Crippen LogP contribution in [0.5, 0.6) is 0 Å². The summed E-state index contributed by atoms with van der Waals surface area (Å²) in [4.78, 5) is 0. The van der Waals surface area contributed by atoms with Gasteiger partial charge in [-0.1, -0.05) is 0 Å². The van der Waals surface area contributed by atoms with Crippen LogP contribution in [0.1, 0.15) is 24.8 Å². The molecule has 3 heteroatoms. The molecule has 0 saturated heterocycles. The van der Waals surface area contributed by atoms with Crippen LogP contribution < -0.4 is 5.32 Å². The molecule has 0 amide bonds. The average Bonchev–Trinajstić information content (AvgIpc) is 2.81. The van der Waals surface area contributed by atoms with Crippen LogP contribution in [0.25, 0.3) is 0 Å². The number of rotatable bonds is 7. The van der Waals surface area contributed by atoms with Crippen molar-refractivity contribution in [2.45, 2.75) is 25.7 Å². The normalized spacial score (nSPS) is 33.6. The summed E-state index contributed by atoms with van der Waals surface area (Å²) in [5.41, 5.74) is 2.07. The van der Waals surface area contributed by atoms with Gasteiger partial charge >= 0.3 is 0 Å². The van der Waals surface area contributed by atoms with Gasteiger partial charge in [-0.15, -0.1) is 0 Å². The highest BCUT2D eigenvalue weighted by Gasteiger charge is 2.53.